The number of fused-ring (bicyclic) bond motifs is 2. The first-order valence-electron chi connectivity index (χ1n) is 7.94. The van der Waals surface area contributed by atoms with Crippen LogP contribution in [0.5, 0.6) is 17.2 Å². The maximum atomic E-state index is 10.8. The molecule has 1 aliphatic carbocycles. The molecule has 1 atom stereocenters. The molecule has 0 fully saturated rings. The van der Waals surface area contributed by atoms with Gasteiger partial charge in [-0.1, -0.05) is 6.07 Å². The predicted molar refractivity (Wildman–Crippen MR) is 89.4 cm³/mol. The Morgan fingerprint density at radius 2 is 1.96 bits per heavy atom. The third-order valence-corrected chi connectivity index (χ3v) is 5.20. The van der Waals surface area contributed by atoms with Crippen LogP contribution >= 0.6 is 0 Å². The van der Waals surface area contributed by atoms with Crippen molar-refractivity contribution in [3.8, 4) is 28.4 Å². The second-order valence-electron chi connectivity index (χ2n) is 6.35. The largest absolute Gasteiger partial charge is 0.504 e. The van der Waals surface area contributed by atoms with E-state index < -0.39 is 0 Å². The number of rotatable bonds is 2. The van der Waals surface area contributed by atoms with Gasteiger partial charge in [-0.3, -0.25) is 4.90 Å². The smallest absolute Gasteiger partial charge is 0.166 e. The van der Waals surface area contributed by atoms with E-state index in [1.807, 2.05) is 18.2 Å². The average Bonchev–Trinajstić information content (AvgIpc) is 2.58. The van der Waals surface area contributed by atoms with Gasteiger partial charge in [-0.15, -0.1) is 0 Å². The van der Waals surface area contributed by atoms with E-state index >= 15 is 0 Å². The number of hydrogen-bond acceptors (Lipinski definition) is 4. The summed E-state index contributed by atoms with van der Waals surface area (Å²) in [6, 6.07) is 8.39. The van der Waals surface area contributed by atoms with E-state index in [2.05, 4.69) is 18.0 Å². The van der Waals surface area contributed by atoms with Crippen molar-refractivity contribution < 1.29 is 14.6 Å². The number of hydrogen-bond donors (Lipinski definition) is 1. The Labute approximate surface area is 136 Å². The Morgan fingerprint density at radius 1 is 1.13 bits per heavy atom. The summed E-state index contributed by atoms with van der Waals surface area (Å²) in [5.74, 6) is 1.66. The molecule has 0 saturated heterocycles. The maximum absolute atomic E-state index is 10.8. The van der Waals surface area contributed by atoms with Gasteiger partial charge < -0.3 is 14.6 Å². The van der Waals surface area contributed by atoms with E-state index in [1.165, 1.54) is 16.7 Å². The van der Waals surface area contributed by atoms with Gasteiger partial charge in [0.1, 0.15) is 5.75 Å². The van der Waals surface area contributed by atoms with Crippen molar-refractivity contribution >= 4 is 0 Å². The highest BCUT2D eigenvalue weighted by molar-refractivity contribution is 5.83. The molecule has 1 unspecified atom stereocenters. The van der Waals surface area contributed by atoms with Crippen molar-refractivity contribution in [2.75, 3.05) is 27.8 Å². The van der Waals surface area contributed by atoms with Crippen molar-refractivity contribution in [1.29, 1.82) is 0 Å². The lowest BCUT2D eigenvalue weighted by molar-refractivity contribution is 0.226. The molecule has 0 amide bonds. The highest BCUT2D eigenvalue weighted by Crippen LogP contribution is 2.52. The lowest BCUT2D eigenvalue weighted by Gasteiger charge is -2.40. The molecule has 0 bridgehead atoms. The summed E-state index contributed by atoms with van der Waals surface area (Å²) in [4.78, 5) is 2.38. The van der Waals surface area contributed by atoms with Gasteiger partial charge in [0.05, 0.1) is 14.2 Å². The Morgan fingerprint density at radius 3 is 2.70 bits per heavy atom. The van der Waals surface area contributed by atoms with Crippen LogP contribution in [0.1, 0.15) is 22.7 Å². The standard InChI is InChI=1S/C19H21NO3/c1-20-7-6-11-10-16(23-3)19(21)18-14-5-4-13(22-2)8-12(14)9-15(20)17(11)18/h4-5,8,10,15,21H,6-7,9H2,1-3H3. The Bertz CT molecular complexity index is 785. The first-order valence-corrected chi connectivity index (χ1v) is 7.94. The second kappa shape index (κ2) is 5.17. The molecule has 1 aliphatic heterocycles. The van der Waals surface area contributed by atoms with Crippen LogP contribution in [0.15, 0.2) is 24.3 Å². The van der Waals surface area contributed by atoms with Crippen LogP contribution in [0.2, 0.25) is 0 Å². The van der Waals surface area contributed by atoms with Gasteiger partial charge in [0.15, 0.2) is 11.5 Å². The van der Waals surface area contributed by atoms with E-state index in [0.717, 1.165) is 36.3 Å². The predicted octanol–water partition coefficient (Wildman–Crippen LogP) is 3.16. The lowest BCUT2D eigenvalue weighted by Crippen LogP contribution is -2.35. The Kier molecular flexibility index (Phi) is 3.23. The number of nitrogens with zero attached hydrogens (tertiary/aromatic N) is 1. The minimum Gasteiger partial charge on any atom is -0.504 e. The minimum atomic E-state index is 0.248. The van der Waals surface area contributed by atoms with Gasteiger partial charge >= 0.3 is 0 Å². The van der Waals surface area contributed by atoms with Crippen LogP contribution in [0.25, 0.3) is 11.1 Å². The van der Waals surface area contributed by atoms with Crippen LogP contribution in [-0.4, -0.2) is 37.8 Å². The summed E-state index contributed by atoms with van der Waals surface area (Å²) in [7, 11) is 5.45. The average molecular weight is 311 g/mol. The molecule has 1 heterocycles. The fraction of sp³-hybridized carbons (Fsp3) is 0.368. The third kappa shape index (κ3) is 2.01. The van der Waals surface area contributed by atoms with E-state index in [0.29, 0.717) is 11.8 Å². The summed E-state index contributed by atoms with van der Waals surface area (Å²) >= 11 is 0. The summed E-state index contributed by atoms with van der Waals surface area (Å²) in [5.41, 5.74) is 5.78. The molecule has 2 aliphatic rings. The van der Waals surface area contributed by atoms with Crippen LogP contribution in [-0.2, 0) is 12.8 Å². The number of methoxy groups -OCH3 is 2. The monoisotopic (exact) mass is 311 g/mol. The molecule has 120 valence electrons. The van der Waals surface area contributed by atoms with E-state index in [1.54, 1.807) is 14.2 Å². The van der Waals surface area contributed by atoms with E-state index in [4.69, 9.17) is 9.47 Å². The molecular formula is C19H21NO3. The molecule has 2 aromatic rings. The minimum absolute atomic E-state index is 0.248. The Balaban J connectivity index is 2.03. The van der Waals surface area contributed by atoms with E-state index in [9.17, 15) is 5.11 Å². The number of ether oxygens (including phenoxy) is 2. The fourth-order valence-corrected chi connectivity index (χ4v) is 3.98. The van der Waals surface area contributed by atoms with Crippen LogP contribution in [0.3, 0.4) is 0 Å². The zero-order valence-electron chi connectivity index (χ0n) is 13.7. The van der Waals surface area contributed by atoms with Gasteiger partial charge in [-0.25, -0.2) is 0 Å². The molecule has 23 heavy (non-hydrogen) atoms. The quantitative estimate of drug-likeness (QED) is 0.925. The third-order valence-electron chi connectivity index (χ3n) is 5.20. The molecule has 0 spiro atoms. The SMILES string of the molecule is COc1ccc2c(c1)CC1c3c(cc(OC)c(O)c3-2)CCN1C. The first-order chi connectivity index (χ1) is 11.1. The summed E-state index contributed by atoms with van der Waals surface area (Å²) in [5, 5.41) is 10.8. The summed E-state index contributed by atoms with van der Waals surface area (Å²) in [6.07, 6.45) is 1.92. The topological polar surface area (TPSA) is 41.9 Å². The van der Waals surface area contributed by atoms with Gasteiger partial charge in [0, 0.05) is 18.2 Å². The number of likely N-dealkylation sites (N-methyl/N-ethyl adjacent to an activating group) is 1. The zero-order valence-corrected chi connectivity index (χ0v) is 13.7. The van der Waals surface area contributed by atoms with E-state index in [-0.39, 0.29) is 5.75 Å². The number of phenolic OH excluding ortho intramolecular Hbond substituents is 1. The zero-order chi connectivity index (χ0) is 16.1. The van der Waals surface area contributed by atoms with Crippen molar-refractivity contribution in [2.24, 2.45) is 0 Å². The lowest BCUT2D eigenvalue weighted by atomic mass is 9.76. The van der Waals surface area contributed by atoms with Gasteiger partial charge in [0.2, 0.25) is 0 Å². The number of aromatic hydroxyl groups is 1. The maximum Gasteiger partial charge on any atom is 0.166 e. The van der Waals surface area contributed by atoms with Gasteiger partial charge in [-0.2, -0.15) is 0 Å². The molecule has 4 heteroatoms. The normalized spacial score (nSPS) is 19.0. The van der Waals surface area contributed by atoms with Gasteiger partial charge in [-0.05, 0) is 60.3 Å². The molecule has 0 radical (unpaired) electrons. The van der Waals surface area contributed by atoms with Gasteiger partial charge in [0.25, 0.3) is 0 Å². The summed E-state index contributed by atoms with van der Waals surface area (Å²) < 4.78 is 10.8. The fourth-order valence-electron chi connectivity index (χ4n) is 3.98. The molecular weight excluding hydrogens is 290 g/mol. The number of phenols is 1. The molecule has 4 nitrogen and oxygen atoms in total. The Hall–Kier alpha value is -2.20. The van der Waals surface area contributed by atoms with Crippen LogP contribution in [0, 0.1) is 0 Å². The number of benzene rings is 2. The highest BCUT2D eigenvalue weighted by Gasteiger charge is 2.35. The highest BCUT2D eigenvalue weighted by atomic mass is 16.5. The van der Waals surface area contributed by atoms with Crippen LogP contribution < -0.4 is 9.47 Å². The van der Waals surface area contributed by atoms with Crippen molar-refractivity contribution in [3.05, 3.63) is 41.0 Å². The van der Waals surface area contributed by atoms with Crippen molar-refractivity contribution in [1.82, 2.24) is 4.90 Å². The molecule has 1 N–H and O–H groups in total. The summed E-state index contributed by atoms with van der Waals surface area (Å²) in [6.45, 7) is 1.02. The second-order valence-corrected chi connectivity index (χ2v) is 6.35. The van der Waals surface area contributed by atoms with Crippen molar-refractivity contribution in [3.63, 3.8) is 0 Å². The molecule has 2 aromatic carbocycles. The van der Waals surface area contributed by atoms with Crippen molar-refractivity contribution in [2.45, 2.75) is 18.9 Å². The molecule has 4 rings (SSSR count). The first kappa shape index (κ1) is 14.4. The van der Waals surface area contributed by atoms with Crippen LogP contribution in [0.4, 0.5) is 0 Å². The molecule has 0 aromatic heterocycles. The molecule has 0 saturated carbocycles.